The SMILES string of the molecule is CC1(C)CCCN(CC2CCCCCN2)CC1. The van der Waals surface area contributed by atoms with Crippen LogP contribution in [-0.2, 0) is 0 Å². The summed E-state index contributed by atoms with van der Waals surface area (Å²) in [4.78, 5) is 2.71. The number of hydrogen-bond donors (Lipinski definition) is 1. The first-order valence-electron chi connectivity index (χ1n) is 7.61. The van der Waals surface area contributed by atoms with Gasteiger partial charge in [0.1, 0.15) is 0 Å². The van der Waals surface area contributed by atoms with Crippen LogP contribution in [0.1, 0.15) is 58.8 Å². The molecule has 1 atom stereocenters. The van der Waals surface area contributed by atoms with Gasteiger partial charge in [-0.3, -0.25) is 0 Å². The predicted molar refractivity (Wildman–Crippen MR) is 74.3 cm³/mol. The number of hydrogen-bond acceptors (Lipinski definition) is 2. The maximum atomic E-state index is 3.73. The first-order valence-corrected chi connectivity index (χ1v) is 7.61. The van der Waals surface area contributed by atoms with Gasteiger partial charge in [0.2, 0.25) is 0 Å². The zero-order chi connectivity index (χ0) is 12.1. The van der Waals surface area contributed by atoms with Crippen molar-refractivity contribution < 1.29 is 0 Å². The van der Waals surface area contributed by atoms with Crippen LogP contribution in [0.2, 0.25) is 0 Å². The summed E-state index contributed by atoms with van der Waals surface area (Å²) in [6, 6.07) is 0.763. The molecule has 17 heavy (non-hydrogen) atoms. The molecule has 2 heterocycles. The lowest BCUT2D eigenvalue weighted by molar-refractivity contribution is 0.234. The van der Waals surface area contributed by atoms with Gasteiger partial charge >= 0.3 is 0 Å². The maximum Gasteiger partial charge on any atom is 0.0195 e. The summed E-state index contributed by atoms with van der Waals surface area (Å²) in [5.41, 5.74) is 0.575. The molecule has 2 nitrogen and oxygen atoms in total. The average Bonchev–Trinajstić information content (AvgIpc) is 2.61. The number of rotatable bonds is 2. The minimum Gasteiger partial charge on any atom is -0.313 e. The van der Waals surface area contributed by atoms with Crippen LogP contribution in [0.5, 0.6) is 0 Å². The van der Waals surface area contributed by atoms with Gasteiger partial charge in [0.15, 0.2) is 0 Å². The van der Waals surface area contributed by atoms with E-state index in [0.717, 1.165) is 6.04 Å². The summed E-state index contributed by atoms with van der Waals surface area (Å²) in [6.07, 6.45) is 9.79. The highest BCUT2D eigenvalue weighted by atomic mass is 15.1. The molecule has 2 heteroatoms. The van der Waals surface area contributed by atoms with Crippen molar-refractivity contribution >= 4 is 0 Å². The fraction of sp³-hybridized carbons (Fsp3) is 1.00. The standard InChI is InChI=1S/C15H30N2/c1-15(2)8-6-11-17(12-9-15)13-14-7-4-3-5-10-16-14/h14,16H,3-13H2,1-2H3. The van der Waals surface area contributed by atoms with Crippen LogP contribution >= 0.6 is 0 Å². The van der Waals surface area contributed by atoms with Gasteiger partial charge < -0.3 is 10.2 Å². The molecule has 2 aliphatic heterocycles. The Balaban J connectivity index is 1.77. The largest absolute Gasteiger partial charge is 0.313 e. The maximum absolute atomic E-state index is 3.73. The van der Waals surface area contributed by atoms with E-state index in [-0.39, 0.29) is 0 Å². The Morgan fingerprint density at radius 1 is 1.06 bits per heavy atom. The van der Waals surface area contributed by atoms with Gasteiger partial charge in [0, 0.05) is 12.6 Å². The van der Waals surface area contributed by atoms with Crippen molar-refractivity contribution in [3.8, 4) is 0 Å². The quantitative estimate of drug-likeness (QED) is 0.795. The Kier molecular flexibility index (Phi) is 4.87. The van der Waals surface area contributed by atoms with Gasteiger partial charge in [-0.1, -0.05) is 26.7 Å². The summed E-state index contributed by atoms with van der Waals surface area (Å²) in [7, 11) is 0. The van der Waals surface area contributed by atoms with Gasteiger partial charge in [-0.2, -0.15) is 0 Å². The van der Waals surface area contributed by atoms with E-state index in [2.05, 4.69) is 24.1 Å². The molecule has 100 valence electrons. The molecular weight excluding hydrogens is 208 g/mol. The topological polar surface area (TPSA) is 15.3 Å². The Bertz CT molecular complexity index is 217. The van der Waals surface area contributed by atoms with E-state index in [4.69, 9.17) is 0 Å². The monoisotopic (exact) mass is 238 g/mol. The van der Waals surface area contributed by atoms with E-state index in [9.17, 15) is 0 Å². The molecule has 0 radical (unpaired) electrons. The summed E-state index contributed by atoms with van der Waals surface area (Å²) in [5, 5.41) is 3.73. The van der Waals surface area contributed by atoms with E-state index in [1.54, 1.807) is 0 Å². The van der Waals surface area contributed by atoms with E-state index in [1.807, 2.05) is 0 Å². The highest BCUT2D eigenvalue weighted by Crippen LogP contribution is 2.29. The molecule has 0 amide bonds. The lowest BCUT2D eigenvalue weighted by atomic mass is 9.85. The second kappa shape index (κ2) is 6.19. The van der Waals surface area contributed by atoms with Crippen molar-refractivity contribution in [1.29, 1.82) is 0 Å². The van der Waals surface area contributed by atoms with Crippen molar-refractivity contribution in [2.75, 3.05) is 26.2 Å². The number of nitrogens with one attached hydrogen (secondary N) is 1. The van der Waals surface area contributed by atoms with E-state index in [1.165, 1.54) is 71.1 Å². The van der Waals surface area contributed by atoms with E-state index in [0.29, 0.717) is 5.41 Å². The molecule has 0 saturated carbocycles. The fourth-order valence-corrected chi connectivity index (χ4v) is 3.23. The summed E-state index contributed by atoms with van der Waals surface area (Å²) in [6.45, 7) is 10.0. The lowest BCUT2D eigenvalue weighted by Crippen LogP contribution is -2.41. The Hall–Kier alpha value is -0.0800. The third-order valence-electron chi connectivity index (χ3n) is 4.57. The number of likely N-dealkylation sites (tertiary alicyclic amines) is 1. The molecule has 1 N–H and O–H groups in total. The average molecular weight is 238 g/mol. The molecule has 0 aromatic heterocycles. The summed E-state index contributed by atoms with van der Waals surface area (Å²) in [5.74, 6) is 0. The van der Waals surface area contributed by atoms with Crippen molar-refractivity contribution in [2.24, 2.45) is 5.41 Å². The van der Waals surface area contributed by atoms with Crippen molar-refractivity contribution in [3.05, 3.63) is 0 Å². The molecule has 0 bridgehead atoms. The van der Waals surface area contributed by atoms with Gasteiger partial charge in [0.05, 0.1) is 0 Å². The van der Waals surface area contributed by atoms with Gasteiger partial charge in [-0.25, -0.2) is 0 Å². The molecule has 2 rings (SSSR count). The second-order valence-electron chi connectivity index (χ2n) is 6.82. The highest BCUT2D eigenvalue weighted by Gasteiger charge is 2.24. The molecule has 0 aromatic rings. The third kappa shape index (κ3) is 4.59. The minimum atomic E-state index is 0.575. The fourth-order valence-electron chi connectivity index (χ4n) is 3.23. The molecule has 0 spiro atoms. The zero-order valence-corrected chi connectivity index (χ0v) is 11.8. The minimum absolute atomic E-state index is 0.575. The van der Waals surface area contributed by atoms with Gasteiger partial charge in [-0.15, -0.1) is 0 Å². The zero-order valence-electron chi connectivity index (χ0n) is 11.8. The van der Waals surface area contributed by atoms with Crippen LogP contribution in [0.4, 0.5) is 0 Å². The molecule has 2 fully saturated rings. The normalized spacial score (nSPS) is 31.8. The van der Waals surface area contributed by atoms with Gasteiger partial charge in [0.25, 0.3) is 0 Å². The van der Waals surface area contributed by atoms with Crippen molar-refractivity contribution in [3.63, 3.8) is 0 Å². The van der Waals surface area contributed by atoms with Crippen LogP contribution in [0.3, 0.4) is 0 Å². The van der Waals surface area contributed by atoms with E-state index < -0.39 is 0 Å². The summed E-state index contributed by atoms with van der Waals surface area (Å²) >= 11 is 0. The molecular formula is C15H30N2. The molecule has 1 unspecified atom stereocenters. The third-order valence-corrected chi connectivity index (χ3v) is 4.57. The predicted octanol–water partition coefficient (Wildman–Crippen LogP) is 3.03. The first-order chi connectivity index (χ1) is 8.16. The number of nitrogens with zero attached hydrogens (tertiary/aromatic N) is 1. The smallest absolute Gasteiger partial charge is 0.0195 e. The Labute approximate surface area is 107 Å². The van der Waals surface area contributed by atoms with Crippen LogP contribution < -0.4 is 5.32 Å². The van der Waals surface area contributed by atoms with Crippen LogP contribution in [0.25, 0.3) is 0 Å². The molecule has 0 aliphatic carbocycles. The molecule has 2 aliphatic rings. The lowest BCUT2D eigenvalue weighted by Gasteiger charge is -2.27. The first kappa shape index (κ1) is 13.4. The van der Waals surface area contributed by atoms with Gasteiger partial charge in [-0.05, 0) is 57.2 Å². The molecule has 2 saturated heterocycles. The second-order valence-corrected chi connectivity index (χ2v) is 6.82. The van der Waals surface area contributed by atoms with Crippen LogP contribution in [0.15, 0.2) is 0 Å². The Morgan fingerprint density at radius 3 is 2.82 bits per heavy atom. The van der Waals surface area contributed by atoms with Crippen molar-refractivity contribution in [1.82, 2.24) is 10.2 Å². The summed E-state index contributed by atoms with van der Waals surface area (Å²) < 4.78 is 0. The molecule has 0 aromatic carbocycles. The van der Waals surface area contributed by atoms with Crippen LogP contribution in [0, 0.1) is 5.41 Å². The van der Waals surface area contributed by atoms with E-state index >= 15 is 0 Å². The van der Waals surface area contributed by atoms with Crippen LogP contribution in [-0.4, -0.2) is 37.1 Å². The highest BCUT2D eigenvalue weighted by molar-refractivity contribution is 4.80. The van der Waals surface area contributed by atoms with Crippen molar-refractivity contribution in [2.45, 2.75) is 64.8 Å². The Morgan fingerprint density at radius 2 is 1.94 bits per heavy atom.